The third kappa shape index (κ3) is 5880. The molecular weight excluding hydrogens is 122 g/mol. The fourth-order valence-electron chi connectivity index (χ4n) is 0. The minimum absolute atomic E-state index is 0. The zero-order valence-electron chi connectivity index (χ0n) is 2.31. The van der Waals surface area contributed by atoms with Gasteiger partial charge >= 0.3 is 17.1 Å². The van der Waals surface area contributed by atoms with Crippen LogP contribution in [0.1, 0.15) is 0 Å². The van der Waals surface area contributed by atoms with Gasteiger partial charge in [0.1, 0.15) is 0 Å². The maximum absolute atomic E-state index is 8.36. The number of rotatable bonds is 0. The van der Waals surface area contributed by atoms with Gasteiger partial charge in [-0.3, -0.25) is 4.79 Å². The molecule has 0 aliphatic rings. The molecule has 3 N–H and O–H groups in total. The predicted octanol–water partition coefficient (Wildman–Crippen LogP) is 0.415. The Bertz CT molecular complexity index is 17.1. The van der Waals surface area contributed by atoms with Crippen LogP contribution >= 0.6 is 0 Å². The Labute approximate surface area is 40.4 Å². The Hall–Kier alpha value is -0.0505. The molecule has 5 heavy (non-hydrogen) atoms. The first-order valence-electron chi connectivity index (χ1n) is 0.494. The van der Waals surface area contributed by atoms with Crippen LogP contribution in [0.4, 0.5) is 0 Å². The quantitative estimate of drug-likeness (QED) is 0.376. The van der Waals surface area contributed by atoms with E-state index in [1.807, 2.05) is 0 Å². The predicted molar refractivity (Wildman–Crippen MR) is 14.0 cm³/mol. The molecule has 0 aromatic heterocycles. The molecule has 36 valence electrons. The molecule has 0 unspecified atom stereocenters. The molecule has 0 radical (unpaired) electrons. The van der Waals surface area contributed by atoms with E-state index >= 15 is 0 Å². The first-order chi connectivity index (χ1) is 1.41. The number of hydrogen-bond donors (Lipinski definition) is 1. The van der Waals surface area contributed by atoms with Crippen LogP contribution in [0.5, 0.6) is 0 Å². The van der Waals surface area contributed by atoms with Crippen molar-refractivity contribution in [3.63, 3.8) is 0 Å². The van der Waals surface area contributed by atoms with E-state index < -0.39 is 0 Å². The van der Waals surface area contributed by atoms with Gasteiger partial charge in [-0.05, 0) is 0 Å². The Morgan fingerprint density at radius 3 is 1.60 bits per heavy atom. The van der Waals surface area contributed by atoms with E-state index in [4.69, 9.17) is 9.90 Å². The van der Waals surface area contributed by atoms with Crippen LogP contribution in [0.15, 0.2) is 0 Å². The Morgan fingerprint density at radius 2 is 1.60 bits per heavy atom. The van der Waals surface area contributed by atoms with Crippen molar-refractivity contribution in [3.8, 4) is 0 Å². The molecule has 0 aliphatic carbocycles. The van der Waals surface area contributed by atoms with Crippen LogP contribution in [0.2, 0.25) is 0 Å². The summed E-state index contributed by atoms with van der Waals surface area (Å²) in [4.78, 5) is 8.36. The van der Waals surface area contributed by atoms with E-state index in [-0.39, 0.29) is 29.7 Å². The Morgan fingerprint density at radius 1 is 1.60 bits per heavy atom. The summed E-state index contributed by atoms with van der Waals surface area (Å²) in [7, 11) is 0. The first kappa shape index (κ1) is 20.3. The molecule has 0 atom stereocenters. The van der Waals surface area contributed by atoms with Gasteiger partial charge in [0.25, 0.3) is 6.47 Å². The molecule has 0 aliphatic heterocycles. The second-order valence-corrected chi connectivity index (χ2v) is 0.105. The molecule has 0 bridgehead atoms. The van der Waals surface area contributed by atoms with Crippen LogP contribution in [0, 0.1) is 0 Å². The van der Waals surface area contributed by atoms with Crippen LogP contribution in [0.3, 0.4) is 0 Å². The van der Waals surface area contributed by atoms with Gasteiger partial charge in [-0.15, -0.1) is 0 Å². The summed E-state index contributed by atoms with van der Waals surface area (Å²) in [6, 6.07) is 0. The van der Waals surface area contributed by atoms with Crippen molar-refractivity contribution in [3.05, 3.63) is 6.15 Å². The second kappa shape index (κ2) is 38.1. The molecule has 0 aromatic rings. The molecule has 0 saturated heterocycles. The van der Waals surface area contributed by atoms with E-state index in [2.05, 4.69) is 0 Å². The molecule has 3 nitrogen and oxygen atoms in total. The van der Waals surface area contributed by atoms with Crippen LogP contribution in [0.25, 0.3) is 6.15 Å². The monoisotopic (exact) mass is 125 g/mol. The Kier molecular flexibility index (Phi) is 155. The topological polar surface area (TPSA) is 70.8 Å². The van der Waals surface area contributed by atoms with Gasteiger partial charge in [0.2, 0.25) is 0 Å². The first-order valence-corrected chi connectivity index (χ1v) is 0.494. The summed E-state index contributed by atoms with van der Waals surface area (Å²) >= 11 is 0. The standard InChI is InChI=1S/CH2O2.Cu.H2N/c2-1-3;;/h1H,(H,2,3);;1H2/q;+1;-1. The van der Waals surface area contributed by atoms with E-state index in [0.717, 1.165) is 0 Å². The van der Waals surface area contributed by atoms with E-state index in [9.17, 15) is 0 Å². The molecule has 0 aromatic carbocycles. The summed E-state index contributed by atoms with van der Waals surface area (Å²) in [6.45, 7) is -0.250. The van der Waals surface area contributed by atoms with E-state index in [0.29, 0.717) is 0 Å². The number of nitrogens with two attached hydrogens (primary N) is 1. The minimum atomic E-state index is -0.250. The average Bonchev–Trinajstić information content (AvgIpc) is 0.918. The van der Waals surface area contributed by atoms with Gasteiger partial charge in [0.05, 0.1) is 0 Å². The number of carbonyl (C=O) groups is 1. The van der Waals surface area contributed by atoms with Gasteiger partial charge in [0, 0.05) is 0 Å². The molecule has 0 rings (SSSR count). The number of hydrogen-bond acceptors (Lipinski definition) is 1. The van der Waals surface area contributed by atoms with Crippen LogP contribution in [-0.2, 0) is 21.9 Å². The van der Waals surface area contributed by atoms with Crippen LogP contribution in [-0.4, -0.2) is 11.6 Å². The summed E-state index contributed by atoms with van der Waals surface area (Å²) in [5, 5.41) is 6.89. The molecule has 0 saturated carbocycles. The van der Waals surface area contributed by atoms with E-state index in [1.54, 1.807) is 0 Å². The largest absolute Gasteiger partial charge is 1.00 e. The third-order valence-corrected chi connectivity index (χ3v) is 0. The SMILES string of the molecule is O=CO.[Cu+].[NH2-]. The molecular formula is CH4CuNO2. The van der Waals surface area contributed by atoms with E-state index in [1.165, 1.54) is 0 Å². The molecule has 0 heterocycles. The van der Waals surface area contributed by atoms with Gasteiger partial charge < -0.3 is 11.3 Å². The van der Waals surface area contributed by atoms with Crippen molar-refractivity contribution < 1.29 is 27.0 Å². The van der Waals surface area contributed by atoms with Crippen LogP contribution < -0.4 is 0 Å². The van der Waals surface area contributed by atoms with Crippen molar-refractivity contribution in [1.29, 1.82) is 0 Å². The minimum Gasteiger partial charge on any atom is -0.693 e. The zero-order chi connectivity index (χ0) is 2.71. The van der Waals surface area contributed by atoms with Gasteiger partial charge in [-0.1, -0.05) is 0 Å². The third-order valence-electron chi connectivity index (χ3n) is 0. The zero-order valence-corrected chi connectivity index (χ0v) is 3.25. The smallest absolute Gasteiger partial charge is 0.693 e. The van der Waals surface area contributed by atoms with Gasteiger partial charge in [-0.2, -0.15) is 0 Å². The van der Waals surface area contributed by atoms with Crippen molar-refractivity contribution >= 4 is 6.47 Å². The number of carboxylic acid groups (broad SMARTS) is 1. The molecule has 4 heteroatoms. The maximum atomic E-state index is 8.36. The fraction of sp³-hybridized carbons (Fsp3) is 0. The van der Waals surface area contributed by atoms with Crippen molar-refractivity contribution in [2.45, 2.75) is 0 Å². The maximum Gasteiger partial charge on any atom is 1.00 e. The average molecular weight is 126 g/mol. The second-order valence-electron chi connectivity index (χ2n) is 0.105. The van der Waals surface area contributed by atoms with Gasteiger partial charge in [-0.25, -0.2) is 0 Å². The van der Waals surface area contributed by atoms with Crippen molar-refractivity contribution in [1.82, 2.24) is 0 Å². The summed E-state index contributed by atoms with van der Waals surface area (Å²) < 4.78 is 0. The molecule has 0 amide bonds. The van der Waals surface area contributed by atoms with Crippen molar-refractivity contribution in [2.24, 2.45) is 0 Å². The normalized spacial score (nSPS) is 2.40. The summed E-state index contributed by atoms with van der Waals surface area (Å²) in [6.07, 6.45) is 0. The summed E-state index contributed by atoms with van der Waals surface area (Å²) in [5.41, 5.74) is 0. The Balaban J connectivity index is -0.0000000200. The molecule has 0 spiro atoms. The van der Waals surface area contributed by atoms with Gasteiger partial charge in [0.15, 0.2) is 0 Å². The van der Waals surface area contributed by atoms with Crippen molar-refractivity contribution in [2.75, 3.05) is 0 Å². The molecule has 0 fully saturated rings. The summed E-state index contributed by atoms with van der Waals surface area (Å²) in [5.74, 6) is 0. The fourth-order valence-corrected chi connectivity index (χ4v) is 0.